The Labute approximate surface area is 132 Å². The lowest BCUT2D eigenvalue weighted by atomic mass is 10.2. The van der Waals surface area contributed by atoms with Gasteiger partial charge in [0.05, 0.1) is 18.4 Å². The van der Waals surface area contributed by atoms with Gasteiger partial charge in [-0.25, -0.2) is 0 Å². The molecule has 1 fully saturated rings. The highest BCUT2D eigenvalue weighted by Crippen LogP contribution is 2.32. The first-order chi connectivity index (χ1) is 11.3. The smallest absolute Gasteiger partial charge is 0.292 e. The third-order valence-corrected chi connectivity index (χ3v) is 4.00. The second kappa shape index (κ2) is 5.79. The Bertz CT molecular complexity index is 819. The molecule has 23 heavy (non-hydrogen) atoms. The predicted octanol–water partition coefficient (Wildman–Crippen LogP) is 3.59. The Morgan fingerprint density at radius 2 is 2.30 bits per heavy atom. The van der Waals surface area contributed by atoms with Crippen molar-refractivity contribution in [2.75, 3.05) is 11.9 Å². The monoisotopic (exact) mass is 311 g/mol. The summed E-state index contributed by atoms with van der Waals surface area (Å²) in [6.07, 6.45) is 5.25. The molecule has 1 aliphatic rings. The van der Waals surface area contributed by atoms with Gasteiger partial charge in [0.2, 0.25) is 0 Å². The van der Waals surface area contributed by atoms with Crippen molar-refractivity contribution in [1.29, 1.82) is 0 Å². The van der Waals surface area contributed by atoms with Crippen molar-refractivity contribution in [1.82, 2.24) is 10.2 Å². The van der Waals surface area contributed by atoms with E-state index in [9.17, 15) is 4.79 Å². The minimum absolute atomic E-state index is 0.251. The van der Waals surface area contributed by atoms with Gasteiger partial charge in [-0.2, -0.15) is 5.10 Å². The number of nitrogens with one attached hydrogen (secondary N) is 2. The summed E-state index contributed by atoms with van der Waals surface area (Å²) in [5.41, 5.74) is 0.823. The van der Waals surface area contributed by atoms with Crippen molar-refractivity contribution in [3.63, 3.8) is 0 Å². The zero-order chi connectivity index (χ0) is 15.6. The maximum Gasteiger partial charge on any atom is 0.292 e. The molecule has 3 aromatic rings. The Hall–Kier alpha value is -2.76. The van der Waals surface area contributed by atoms with Crippen LogP contribution in [0.1, 0.15) is 29.8 Å². The van der Waals surface area contributed by atoms with Gasteiger partial charge in [-0.15, -0.1) is 0 Å². The maximum atomic E-state index is 12.0. The van der Waals surface area contributed by atoms with Gasteiger partial charge in [-0.05, 0) is 36.6 Å². The van der Waals surface area contributed by atoms with Crippen LogP contribution < -0.4 is 10.1 Å². The van der Waals surface area contributed by atoms with Crippen LogP contribution in [0.2, 0.25) is 0 Å². The molecule has 1 aliphatic carbocycles. The van der Waals surface area contributed by atoms with Gasteiger partial charge in [-0.3, -0.25) is 9.89 Å². The van der Waals surface area contributed by atoms with Gasteiger partial charge < -0.3 is 14.5 Å². The number of hydrogen-bond acceptors (Lipinski definition) is 4. The first-order valence-corrected chi connectivity index (χ1v) is 7.75. The van der Waals surface area contributed by atoms with E-state index in [4.69, 9.17) is 9.15 Å². The highest BCUT2D eigenvalue weighted by molar-refractivity contribution is 6.06. The quantitative estimate of drug-likeness (QED) is 0.729. The van der Waals surface area contributed by atoms with Crippen LogP contribution in [0.5, 0.6) is 5.75 Å². The summed E-state index contributed by atoms with van der Waals surface area (Å²) in [5.74, 6) is 2.07. The fourth-order valence-electron chi connectivity index (χ4n) is 2.51. The fourth-order valence-corrected chi connectivity index (χ4v) is 2.51. The number of benzene rings is 1. The Kier molecular flexibility index (Phi) is 3.49. The third kappa shape index (κ3) is 3.06. The first-order valence-electron chi connectivity index (χ1n) is 7.75. The zero-order valence-electron chi connectivity index (χ0n) is 12.5. The molecular weight excluding hydrogens is 294 g/mol. The Morgan fingerprint density at radius 3 is 3.09 bits per heavy atom. The lowest BCUT2D eigenvalue weighted by Gasteiger charge is -2.05. The van der Waals surface area contributed by atoms with Gasteiger partial charge >= 0.3 is 0 Å². The van der Waals surface area contributed by atoms with Crippen LogP contribution in [0.4, 0.5) is 5.82 Å². The van der Waals surface area contributed by atoms with E-state index in [0.717, 1.165) is 35.6 Å². The average molecular weight is 311 g/mol. The number of nitrogens with zero attached hydrogens (tertiary/aromatic N) is 1. The molecule has 0 saturated heterocycles. The van der Waals surface area contributed by atoms with Crippen molar-refractivity contribution >= 4 is 22.6 Å². The van der Waals surface area contributed by atoms with Crippen LogP contribution in [0, 0.1) is 5.92 Å². The van der Waals surface area contributed by atoms with Crippen LogP contribution in [0.25, 0.3) is 10.9 Å². The molecule has 1 saturated carbocycles. The standard InChI is InChI=1S/C17H17N3O3/c21-17(15-2-1-8-23-15)18-16-13-6-5-12(10-14(13)19-20-16)22-9-7-11-3-4-11/h1-2,5-6,8,10-11H,3-4,7,9H2,(H2,18,19,20,21). The van der Waals surface area contributed by atoms with E-state index >= 15 is 0 Å². The lowest BCUT2D eigenvalue weighted by Crippen LogP contribution is -2.11. The Balaban J connectivity index is 1.47. The lowest BCUT2D eigenvalue weighted by molar-refractivity contribution is 0.0996. The van der Waals surface area contributed by atoms with E-state index in [1.54, 1.807) is 12.1 Å². The number of rotatable bonds is 6. The number of ether oxygens (including phenoxy) is 1. The molecule has 2 aromatic heterocycles. The van der Waals surface area contributed by atoms with Crippen LogP contribution in [0.15, 0.2) is 41.0 Å². The summed E-state index contributed by atoms with van der Waals surface area (Å²) in [7, 11) is 0. The molecule has 0 bridgehead atoms. The molecule has 0 spiro atoms. The summed E-state index contributed by atoms with van der Waals surface area (Å²) in [4.78, 5) is 12.0. The molecule has 0 atom stereocenters. The van der Waals surface area contributed by atoms with Gasteiger partial charge in [0.15, 0.2) is 11.6 Å². The molecular formula is C17H17N3O3. The molecule has 0 unspecified atom stereocenters. The van der Waals surface area contributed by atoms with Crippen LogP contribution in [-0.2, 0) is 0 Å². The third-order valence-electron chi connectivity index (χ3n) is 4.00. The van der Waals surface area contributed by atoms with Gasteiger partial charge in [-0.1, -0.05) is 12.8 Å². The number of amides is 1. The van der Waals surface area contributed by atoms with Gasteiger partial charge in [0.1, 0.15) is 5.75 Å². The molecule has 6 heteroatoms. The number of hydrogen-bond donors (Lipinski definition) is 2. The summed E-state index contributed by atoms with van der Waals surface area (Å²) in [5, 5.41) is 10.6. The number of carbonyl (C=O) groups excluding carboxylic acids is 1. The molecule has 118 valence electrons. The molecule has 1 amide bonds. The number of furan rings is 1. The minimum atomic E-state index is -0.326. The number of fused-ring (bicyclic) bond motifs is 1. The number of carbonyl (C=O) groups is 1. The van der Waals surface area contributed by atoms with Crippen LogP contribution in [-0.4, -0.2) is 22.7 Å². The van der Waals surface area contributed by atoms with Crippen LogP contribution >= 0.6 is 0 Å². The average Bonchev–Trinajstić information content (AvgIpc) is 3.07. The summed E-state index contributed by atoms with van der Waals surface area (Å²) < 4.78 is 10.8. The number of aromatic amines is 1. The molecule has 0 aliphatic heterocycles. The van der Waals surface area contributed by atoms with E-state index in [1.807, 2.05) is 18.2 Å². The van der Waals surface area contributed by atoms with Gasteiger partial charge in [0, 0.05) is 11.5 Å². The Morgan fingerprint density at radius 1 is 1.39 bits per heavy atom. The SMILES string of the molecule is O=C(Nc1n[nH]c2cc(OCCC3CC3)ccc12)c1ccco1. The molecule has 1 aromatic carbocycles. The van der Waals surface area contributed by atoms with E-state index < -0.39 is 0 Å². The van der Waals surface area contributed by atoms with Crippen molar-refractivity contribution in [3.8, 4) is 5.75 Å². The maximum absolute atomic E-state index is 12.0. The topological polar surface area (TPSA) is 80.2 Å². The number of aromatic nitrogens is 2. The predicted molar refractivity (Wildman–Crippen MR) is 85.6 cm³/mol. The van der Waals surface area contributed by atoms with E-state index in [1.165, 1.54) is 19.1 Å². The van der Waals surface area contributed by atoms with Crippen molar-refractivity contribution in [2.24, 2.45) is 5.92 Å². The zero-order valence-corrected chi connectivity index (χ0v) is 12.5. The van der Waals surface area contributed by atoms with E-state index in [-0.39, 0.29) is 11.7 Å². The number of H-pyrrole nitrogens is 1. The molecule has 6 nitrogen and oxygen atoms in total. The molecule has 2 N–H and O–H groups in total. The highest BCUT2D eigenvalue weighted by Gasteiger charge is 2.20. The molecule has 2 heterocycles. The van der Waals surface area contributed by atoms with Crippen molar-refractivity contribution < 1.29 is 13.9 Å². The summed E-state index contributed by atoms with van der Waals surface area (Å²) in [6, 6.07) is 8.97. The second-order valence-corrected chi connectivity index (χ2v) is 5.79. The normalized spacial score (nSPS) is 14.1. The summed E-state index contributed by atoms with van der Waals surface area (Å²) in [6.45, 7) is 0.742. The van der Waals surface area contributed by atoms with Crippen molar-refractivity contribution in [2.45, 2.75) is 19.3 Å². The minimum Gasteiger partial charge on any atom is -0.494 e. The van der Waals surface area contributed by atoms with Gasteiger partial charge in [0.25, 0.3) is 5.91 Å². The summed E-state index contributed by atoms with van der Waals surface area (Å²) >= 11 is 0. The largest absolute Gasteiger partial charge is 0.494 e. The molecule has 4 rings (SSSR count). The van der Waals surface area contributed by atoms with Crippen molar-refractivity contribution in [3.05, 3.63) is 42.4 Å². The highest BCUT2D eigenvalue weighted by atomic mass is 16.5. The van der Waals surface area contributed by atoms with E-state index in [0.29, 0.717) is 5.82 Å². The van der Waals surface area contributed by atoms with E-state index in [2.05, 4.69) is 15.5 Å². The fraction of sp³-hybridized carbons (Fsp3) is 0.294. The van der Waals surface area contributed by atoms with Crippen LogP contribution in [0.3, 0.4) is 0 Å². The number of anilines is 1. The molecule has 0 radical (unpaired) electrons. The first kappa shape index (κ1) is 13.9. The second-order valence-electron chi connectivity index (χ2n) is 5.79.